The summed E-state index contributed by atoms with van der Waals surface area (Å²) in [5.74, 6) is 5.88. The first-order chi connectivity index (χ1) is 9.49. The van der Waals surface area contributed by atoms with Crippen molar-refractivity contribution in [2.75, 3.05) is 6.61 Å². The van der Waals surface area contributed by atoms with Crippen LogP contribution in [0.25, 0.3) is 0 Å². The lowest BCUT2D eigenvalue weighted by Gasteiger charge is -2.20. The van der Waals surface area contributed by atoms with Gasteiger partial charge in [0.05, 0.1) is 0 Å². The fourth-order valence-corrected chi connectivity index (χ4v) is 1.87. The largest absolute Gasteiger partial charge is 0.384 e. The standard InChI is InChI=1S/C17H23NO2/c1-5-12(2)14(4)18-17(20)16-9-8-15(7-6-10-19)13(3)11-16/h8-9,11-12,14,19H,5,10H2,1-4H3,(H,18,20). The molecule has 0 aliphatic rings. The van der Waals surface area contributed by atoms with Crippen LogP contribution >= 0.6 is 0 Å². The summed E-state index contributed by atoms with van der Waals surface area (Å²) < 4.78 is 0. The number of aliphatic hydroxyl groups is 1. The van der Waals surface area contributed by atoms with Crippen molar-refractivity contribution in [3.05, 3.63) is 34.9 Å². The zero-order chi connectivity index (χ0) is 15.1. The predicted octanol–water partition coefficient (Wildman–Crippen LogP) is 2.50. The van der Waals surface area contributed by atoms with E-state index < -0.39 is 0 Å². The van der Waals surface area contributed by atoms with Crippen molar-refractivity contribution in [1.29, 1.82) is 0 Å². The van der Waals surface area contributed by atoms with Gasteiger partial charge in [-0.3, -0.25) is 4.79 Å². The van der Waals surface area contributed by atoms with Gasteiger partial charge in [-0.25, -0.2) is 0 Å². The van der Waals surface area contributed by atoms with Gasteiger partial charge in [0.2, 0.25) is 0 Å². The smallest absolute Gasteiger partial charge is 0.251 e. The summed E-state index contributed by atoms with van der Waals surface area (Å²) in [5.41, 5.74) is 2.42. The van der Waals surface area contributed by atoms with Crippen LogP contribution in [0.1, 0.15) is 48.7 Å². The van der Waals surface area contributed by atoms with Gasteiger partial charge in [-0.05, 0) is 43.5 Å². The van der Waals surface area contributed by atoms with E-state index in [2.05, 4.69) is 31.0 Å². The highest BCUT2D eigenvalue weighted by atomic mass is 16.2. The third kappa shape index (κ3) is 4.40. The lowest BCUT2D eigenvalue weighted by Crippen LogP contribution is -2.36. The van der Waals surface area contributed by atoms with E-state index >= 15 is 0 Å². The molecule has 0 bridgehead atoms. The molecule has 0 saturated carbocycles. The summed E-state index contributed by atoms with van der Waals surface area (Å²) in [4.78, 5) is 12.2. The lowest BCUT2D eigenvalue weighted by molar-refractivity contribution is 0.0928. The first kappa shape index (κ1) is 16.3. The molecule has 0 saturated heterocycles. The van der Waals surface area contributed by atoms with E-state index in [1.165, 1.54) is 0 Å². The molecule has 2 N–H and O–H groups in total. The molecule has 1 amide bonds. The third-order valence-electron chi connectivity index (χ3n) is 3.65. The van der Waals surface area contributed by atoms with Crippen molar-refractivity contribution < 1.29 is 9.90 Å². The van der Waals surface area contributed by atoms with E-state index in [-0.39, 0.29) is 18.6 Å². The number of carbonyl (C=O) groups is 1. The number of rotatable bonds is 4. The molecule has 1 rings (SSSR count). The quantitative estimate of drug-likeness (QED) is 0.828. The molecule has 3 nitrogen and oxygen atoms in total. The van der Waals surface area contributed by atoms with Crippen LogP contribution in [-0.4, -0.2) is 23.7 Å². The van der Waals surface area contributed by atoms with Gasteiger partial charge in [-0.15, -0.1) is 0 Å². The molecular formula is C17H23NO2. The maximum atomic E-state index is 12.2. The van der Waals surface area contributed by atoms with Crippen molar-refractivity contribution in [3.8, 4) is 11.8 Å². The molecule has 108 valence electrons. The van der Waals surface area contributed by atoms with Crippen molar-refractivity contribution in [2.24, 2.45) is 5.92 Å². The number of aliphatic hydroxyl groups excluding tert-OH is 1. The molecule has 20 heavy (non-hydrogen) atoms. The second kappa shape index (κ2) is 7.72. The van der Waals surface area contributed by atoms with E-state index in [1.54, 1.807) is 6.07 Å². The molecular weight excluding hydrogens is 250 g/mol. The molecule has 0 heterocycles. The fraction of sp³-hybridized carbons (Fsp3) is 0.471. The zero-order valence-electron chi connectivity index (χ0n) is 12.7. The Morgan fingerprint density at radius 2 is 2.10 bits per heavy atom. The molecule has 3 heteroatoms. The van der Waals surface area contributed by atoms with Gasteiger partial charge in [-0.1, -0.05) is 32.1 Å². The summed E-state index contributed by atoms with van der Waals surface area (Å²) in [7, 11) is 0. The number of carbonyl (C=O) groups excluding carboxylic acids is 1. The van der Waals surface area contributed by atoms with Gasteiger partial charge in [0.25, 0.3) is 5.91 Å². The fourth-order valence-electron chi connectivity index (χ4n) is 1.87. The van der Waals surface area contributed by atoms with Crippen LogP contribution in [0, 0.1) is 24.7 Å². The SMILES string of the molecule is CCC(C)C(C)NC(=O)c1ccc(C#CCO)c(C)c1. The van der Waals surface area contributed by atoms with E-state index in [0.717, 1.165) is 17.5 Å². The highest BCUT2D eigenvalue weighted by Gasteiger charge is 2.14. The topological polar surface area (TPSA) is 49.3 Å². The molecule has 1 aromatic carbocycles. The van der Waals surface area contributed by atoms with Gasteiger partial charge in [0, 0.05) is 17.2 Å². The molecule has 0 radical (unpaired) electrons. The van der Waals surface area contributed by atoms with E-state index in [9.17, 15) is 4.79 Å². The van der Waals surface area contributed by atoms with E-state index in [0.29, 0.717) is 11.5 Å². The van der Waals surface area contributed by atoms with Crippen LogP contribution in [0.5, 0.6) is 0 Å². The summed E-state index contributed by atoms with van der Waals surface area (Å²) in [5, 5.41) is 11.7. The lowest BCUT2D eigenvalue weighted by atomic mass is 10.00. The Kier molecular flexibility index (Phi) is 6.27. The zero-order valence-corrected chi connectivity index (χ0v) is 12.7. The second-order valence-electron chi connectivity index (χ2n) is 5.14. The molecule has 0 aromatic heterocycles. The van der Waals surface area contributed by atoms with Crippen LogP contribution in [0.15, 0.2) is 18.2 Å². The summed E-state index contributed by atoms with van der Waals surface area (Å²) in [6.45, 7) is 8.03. The van der Waals surface area contributed by atoms with Crippen molar-refractivity contribution in [2.45, 2.75) is 40.2 Å². The number of hydrogen-bond acceptors (Lipinski definition) is 2. The third-order valence-corrected chi connectivity index (χ3v) is 3.65. The van der Waals surface area contributed by atoms with Crippen molar-refractivity contribution in [3.63, 3.8) is 0 Å². The molecule has 0 fully saturated rings. The summed E-state index contributed by atoms with van der Waals surface area (Å²) >= 11 is 0. The average Bonchev–Trinajstić information content (AvgIpc) is 2.44. The highest BCUT2D eigenvalue weighted by Crippen LogP contribution is 2.12. The van der Waals surface area contributed by atoms with Gasteiger partial charge in [0.1, 0.15) is 6.61 Å². The first-order valence-corrected chi connectivity index (χ1v) is 7.00. The Morgan fingerprint density at radius 1 is 1.40 bits per heavy atom. The highest BCUT2D eigenvalue weighted by molar-refractivity contribution is 5.94. The molecule has 0 aliphatic carbocycles. The van der Waals surface area contributed by atoms with Crippen molar-refractivity contribution >= 4 is 5.91 Å². The summed E-state index contributed by atoms with van der Waals surface area (Å²) in [6, 6.07) is 5.58. The number of nitrogens with one attached hydrogen (secondary N) is 1. The predicted molar refractivity (Wildman–Crippen MR) is 81.5 cm³/mol. The minimum atomic E-state index is -0.159. The first-order valence-electron chi connectivity index (χ1n) is 7.00. The Hall–Kier alpha value is -1.79. The number of aryl methyl sites for hydroxylation is 1. The molecule has 2 unspecified atom stereocenters. The van der Waals surface area contributed by atoms with Crippen LogP contribution < -0.4 is 5.32 Å². The number of hydrogen-bond donors (Lipinski definition) is 2. The monoisotopic (exact) mass is 273 g/mol. The second-order valence-corrected chi connectivity index (χ2v) is 5.14. The molecule has 0 spiro atoms. The van der Waals surface area contributed by atoms with Gasteiger partial charge in [-0.2, -0.15) is 0 Å². The Bertz CT molecular complexity index is 526. The minimum absolute atomic E-state index is 0.0532. The Morgan fingerprint density at radius 3 is 2.65 bits per heavy atom. The molecule has 1 aromatic rings. The Labute approximate surface area is 121 Å². The molecule has 2 atom stereocenters. The van der Waals surface area contributed by atoms with Gasteiger partial charge in [0.15, 0.2) is 0 Å². The maximum Gasteiger partial charge on any atom is 0.251 e. The van der Waals surface area contributed by atoms with Crippen LogP contribution in [0.3, 0.4) is 0 Å². The minimum Gasteiger partial charge on any atom is -0.384 e. The van der Waals surface area contributed by atoms with Gasteiger partial charge < -0.3 is 10.4 Å². The van der Waals surface area contributed by atoms with Crippen LogP contribution in [0.4, 0.5) is 0 Å². The van der Waals surface area contributed by atoms with E-state index in [4.69, 9.17) is 5.11 Å². The van der Waals surface area contributed by atoms with Gasteiger partial charge >= 0.3 is 0 Å². The average molecular weight is 273 g/mol. The van der Waals surface area contributed by atoms with E-state index in [1.807, 2.05) is 26.0 Å². The maximum absolute atomic E-state index is 12.2. The number of benzene rings is 1. The summed E-state index contributed by atoms with van der Waals surface area (Å²) in [6.07, 6.45) is 1.04. The van der Waals surface area contributed by atoms with Crippen LogP contribution in [-0.2, 0) is 0 Å². The Balaban J connectivity index is 2.82. The number of amides is 1. The molecule has 0 aliphatic heterocycles. The normalized spacial score (nSPS) is 13.1. The van der Waals surface area contributed by atoms with Crippen molar-refractivity contribution in [1.82, 2.24) is 5.32 Å². The van der Waals surface area contributed by atoms with Crippen LogP contribution in [0.2, 0.25) is 0 Å².